The van der Waals surface area contributed by atoms with Crippen molar-refractivity contribution in [2.24, 2.45) is 5.92 Å². The summed E-state index contributed by atoms with van der Waals surface area (Å²) >= 11 is 7.95. The topological polar surface area (TPSA) is 105 Å². The molecule has 1 atom stereocenters. The Kier molecular flexibility index (Phi) is 10.1. The van der Waals surface area contributed by atoms with Gasteiger partial charge in [0.05, 0.1) is 23.2 Å². The lowest BCUT2D eigenvalue weighted by Crippen LogP contribution is -2.55. The van der Waals surface area contributed by atoms with E-state index in [2.05, 4.69) is 34.2 Å². The number of hydrogen-bond acceptors (Lipinski definition) is 7. The summed E-state index contributed by atoms with van der Waals surface area (Å²) in [6.07, 6.45) is 9.87. The molecule has 246 valence electrons. The number of likely N-dealkylation sites (tertiary alicyclic amines) is 2. The van der Waals surface area contributed by atoms with E-state index in [0.29, 0.717) is 74.3 Å². The van der Waals surface area contributed by atoms with Gasteiger partial charge < -0.3 is 25.3 Å². The number of amides is 4. The molecule has 4 amide bonds. The van der Waals surface area contributed by atoms with E-state index in [1.807, 2.05) is 20.1 Å². The van der Waals surface area contributed by atoms with Crippen LogP contribution in [0, 0.1) is 18.3 Å². The number of nitrogens with one attached hydrogen (secondary N) is 1. The maximum absolute atomic E-state index is 14.1. The molecule has 0 spiro atoms. The Hall–Kier alpha value is -3.30. The van der Waals surface area contributed by atoms with Crippen LogP contribution in [0.5, 0.6) is 0 Å². The van der Waals surface area contributed by atoms with Crippen LogP contribution in [-0.2, 0) is 22.6 Å². The number of thiophene rings is 1. The van der Waals surface area contributed by atoms with Gasteiger partial charge in [0.1, 0.15) is 5.00 Å². The fourth-order valence-electron chi connectivity index (χ4n) is 7.42. The molecule has 1 aromatic carbocycles. The number of carbonyl (C=O) groups is 3. The summed E-state index contributed by atoms with van der Waals surface area (Å²) in [4.78, 5) is 51.3. The van der Waals surface area contributed by atoms with E-state index in [1.54, 1.807) is 23.5 Å². The first-order valence-corrected chi connectivity index (χ1v) is 17.6. The summed E-state index contributed by atoms with van der Waals surface area (Å²) in [6.45, 7) is 6.91. The Balaban J connectivity index is 1.10. The van der Waals surface area contributed by atoms with Gasteiger partial charge in [-0.1, -0.05) is 17.5 Å². The number of nitrogen functional groups attached to an aromatic ring is 1. The highest BCUT2D eigenvalue weighted by molar-refractivity contribution is 7.14. The van der Waals surface area contributed by atoms with Crippen molar-refractivity contribution in [1.29, 1.82) is 0 Å². The molecule has 3 N–H and O–H groups in total. The van der Waals surface area contributed by atoms with E-state index >= 15 is 0 Å². The number of rotatable bonds is 7. The minimum atomic E-state index is -0.546. The highest BCUT2D eigenvalue weighted by atomic mass is 35.5. The Morgan fingerprint density at radius 2 is 1.74 bits per heavy atom. The van der Waals surface area contributed by atoms with Crippen molar-refractivity contribution in [2.75, 3.05) is 70.5 Å². The van der Waals surface area contributed by atoms with E-state index in [-0.39, 0.29) is 30.3 Å². The molecule has 0 radical (unpaired) electrons. The fraction of sp³-hybridized carbons (Fsp3) is 0.559. The number of carbonyl (C=O) groups excluding carboxylic acids is 3. The van der Waals surface area contributed by atoms with Crippen molar-refractivity contribution in [2.45, 2.75) is 57.2 Å². The molecule has 3 fully saturated rings. The molecule has 10 nitrogen and oxygen atoms in total. The zero-order chi connectivity index (χ0) is 32.4. The number of fused-ring (bicyclic) bond motifs is 1. The average Bonchev–Trinajstić information content (AvgIpc) is 3.53. The van der Waals surface area contributed by atoms with Crippen molar-refractivity contribution in [3.63, 3.8) is 0 Å². The lowest BCUT2D eigenvalue weighted by atomic mass is 9.92. The van der Waals surface area contributed by atoms with Gasteiger partial charge in [-0.15, -0.1) is 17.8 Å². The van der Waals surface area contributed by atoms with Crippen LogP contribution in [-0.4, -0.2) is 114 Å². The van der Waals surface area contributed by atoms with E-state index in [9.17, 15) is 14.4 Å². The number of piperidine rings is 2. The molecular weight excluding hydrogens is 622 g/mol. The fourth-order valence-corrected chi connectivity index (χ4v) is 8.46. The van der Waals surface area contributed by atoms with Crippen molar-refractivity contribution in [3.05, 3.63) is 45.3 Å². The highest BCUT2D eigenvalue weighted by Gasteiger charge is 2.36. The van der Waals surface area contributed by atoms with Gasteiger partial charge in [-0.2, -0.15) is 0 Å². The van der Waals surface area contributed by atoms with Crippen molar-refractivity contribution in [1.82, 2.24) is 24.5 Å². The number of nitrogens with zero attached hydrogens (tertiary/aromatic N) is 5. The summed E-state index contributed by atoms with van der Waals surface area (Å²) in [7, 11) is 2.17. The molecule has 5 heterocycles. The first-order chi connectivity index (χ1) is 22.2. The van der Waals surface area contributed by atoms with Crippen LogP contribution in [0.1, 0.15) is 48.8 Å². The molecule has 0 aliphatic carbocycles. The predicted molar refractivity (Wildman–Crippen MR) is 183 cm³/mol. The van der Waals surface area contributed by atoms with E-state index in [4.69, 9.17) is 23.8 Å². The normalized spacial score (nSPS) is 21.1. The molecule has 4 aliphatic heterocycles. The lowest BCUT2D eigenvalue weighted by molar-refractivity contribution is -0.143. The molecular formula is C34H44ClN7O3S. The molecule has 0 saturated carbocycles. The van der Waals surface area contributed by atoms with Crippen LogP contribution < -0.4 is 11.1 Å². The number of nitrogens with two attached hydrogens (primary N) is 1. The summed E-state index contributed by atoms with van der Waals surface area (Å²) in [5.74, 6) is 2.01. The lowest BCUT2D eigenvalue weighted by Gasteiger charge is -2.43. The predicted octanol–water partition coefficient (Wildman–Crippen LogP) is 3.79. The quantitative estimate of drug-likeness (QED) is 0.345. The Morgan fingerprint density at radius 3 is 2.43 bits per heavy atom. The Labute approximate surface area is 280 Å². The first kappa shape index (κ1) is 32.6. The zero-order valence-corrected chi connectivity index (χ0v) is 28.1. The largest absolute Gasteiger partial charge is 0.397 e. The van der Waals surface area contributed by atoms with Crippen LogP contribution in [0.4, 0.5) is 15.5 Å². The third-order valence-corrected chi connectivity index (χ3v) is 11.4. The number of halogens is 1. The molecule has 0 unspecified atom stereocenters. The summed E-state index contributed by atoms with van der Waals surface area (Å²) in [6, 6.07) is 6.17. The minimum Gasteiger partial charge on any atom is -0.397 e. The maximum Gasteiger partial charge on any atom is 0.323 e. The van der Waals surface area contributed by atoms with Crippen molar-refractivity contribution < 1.29 is 14.4 Å². The highest BCUT2D eigenvalue weighted by Crippen LogP contribution is 2.32. The van der Waals surface area contributed by atoms with Crippen LogP contribution >= 0.6 is 22.9 Å². The summed E-state index contributed by atoms with van der Waals surface area (Å²) in [5.41, 5.74) is 8.84. The summed E-state index contributed by atoms with van der Waals surface area (Å²) in [5, 5.41) is 6.27. The molecule has 6 rings (SSSR count). The standard InChI is InChI=1S/C34H44ClN7O3S/c1-3-24-18-23(20-29(35)31(24)36)19-26(33(44)41-15-13-39(14-16-41)27-4-9-38(2)10-5-27)21-30(43)40-11-6-28(7-12-40)42-22-25-8-17-46-32(25)37-34(42)45/h1,8,17-18,20,26-28H,4-7,9-16,19,21-22,36H2,2H3,(H,37,45)/t26-/m0/s1. The number of terminal acetylenes is 1. The van der Waals surface area contributed by atoms with Crippen LogP contribution in [0.25, 0.3) is 0 Å². The van der Waals surface area contributed by atoms with Crippen molar-refractivity contribution in [3.8, 4) is 12.3 Å². The number of hydrogen-bond donors (Lipinski definition) is 2. The molecule has 4 aliphatic rings. The third-order valence-electron chi connectivity index (χ3n) is 10.3. The smallest absolute Gasteiger partial charge is 0.323 e. The second kappa shape index (κ2) is 14.2. The van der Waals surface area contributed by atoms with Crippen LogP contribution in [0.15, 0.2) is 23.6 Å². The van der Waals surface area contributed by atoms with E-state index < -0.39 is 5.92 Å². The molecule has 1 aromatic heterocycles. The molecule has 46 heavy (non-hydrogen) atoms. The van der Waals surface area contributed by atoms with Gasteiger partial charge in [0.25, 0.3) is 0 Å². The van der Waals surface area contributed by atoms with Gasteiger partial charge in [0.2, 0.25) is 11.8 Å². The van der Waals surface area contributed by atoms with Crippen LogP contribution in [0.2, 0.25) is 5.02 Å². The molecule has 12 heteroatoms. The third kappa shape index (κ3) is 7.15. The van der Waals surface area contributed by atoms with Gasteiger partial charge in [-0.05, 0) is 81.4 Å². The molecule has 0 bridgehead atoms. The number of anilines is 2. The molecule has 3 saturated heterocycles. The van der Waals surface area contributed by atoms with Gasteiger partial charge in [-0.3, -0.25) is 19.8 Å². The summed E-state index contributed by atoms with van der Waals surface area (Å²) < 4.78 is 0. The number of urea groups is 1. The maximum atomic E-state index is 14.1. The van der Waals surface area contributed by atoms with Crippen molar-refractivity contribution >= 4 is 51.5 Å². The Morgan fingerprint density at radius 1 is 1.04 bits per heavy atom. The second-order valence-corrected chi connectivity index (χ2v) is 14.5. The van der Waals surface area contributed by atoms with Crippen LogP contribution in [0.3, 0.4) is 0 Å². The van der Waals surface area contributed by atoms with Gasteiger partial charge in [0.15, 0.2) is 0 Å². The number of benzene rings is 1. The zero-order valence-electron chi connectivity index (χ0n) is 26.5. The SMILES string of the molecule is C#Cc1cc(C[C@@H](CC(=O)N2CCC(N3Cc4ccsc4NC3=O)CC2)C(=O)N2CCN(C3CCN(C)CC3)CC2)cc(Cl)c1N. The van der Waals surface area contributed by atoms with Gasteiger partial charge in [-0.25, -0.2) is 4.79 Å². The monoisotopic (exact) mass is 665 g/mol. The molecule has 2 aromatic rings. The van der Waals surface area contributed by atoms with E-state index in [0.717, 1.165) is 55.1 Å². The average molecular weight is 666 g/mol. The number of piperazine rings is 1. The first-order valence-electron chi connectivity index (χ1n) is 16.4. The second-order valence-electron chi connectivity index (χ2n) is 13.1. The van der Waals surface area contributed by atoms with E-state index in [1.165, 1.54) is 0 Å². The van der Waals surface area contributed by atoms with Gasteiger partial charge in [0, 0.05) is 68.9 Å². The minimum absolute atomic E-state index is 0.00183. The Bertz CT molecular complexity index is 1480. The van der Waals surface area contributed by atoms with Gasteiger partial charge >= 0.3 is 6.03 Å².